The van der Waals surface area contributed by atoms with Crippen LogP contribution in [0.4, 0.5) is 0 Å². The van der Waals surface area contributed by atoms with Crippen molar-refractivity contribution in [2.45, 2.75) is 27.3 Å². The predicted molar refractivity (Wildman–Crippen MR) is 138 cm³/mol. The van der Waals surface area contributed by atoms with Crippen LogP contribution in [0.2, 0.25) is 0 Å². The Bertz CT molecular complexity index is 1380. The Morgan fingerprint density at radius 2 is 1.69 bits per heavy atom. The van der Waals surface area contributed by atoms with E-state index < -0.39 is 5.97 Å². The number of carboxylic acids is 1. The molecule has 35 heavy (non-hydrogen) atoms. The number of benzene rings is 3. The lowest BCUT2D eigenvalue weighted by molar-refractivity contribution is 0.0696. The van der Waals surface area contributed by atoms with Gasteiger partial charge in [0.15, 0.2) is 0 Å². The highest BCUT2D eigenvalue weighted by molar-refractivity contribution is 7.17. The molecule has 0 spiro atoms. The first-order valence-electron chi connectivity index (χ1n) is 11.3. The van der Waals surface area contributed by atoms with Crippen LogP contribution in [0.15, 0.2) is 66.7 Å². The molecule has 0 radical (unpaired) electrons. The van der Waals surface area contributed by atoms with E-state index in [0.717, 1.165) is 27.3 Å². The third-order valence-corrected chi connectivity index (χ3v) is 6.75. The minimum atomic E-state index is -0.977. The summed E-state index contributed by atoms with van der Waals surface area (Å²) in [6.45, 7) is 6.52. The fraction of sp³-hybridized carbons (Fsp3) is 0.179. The fourth-order valence-electron chi connectivity index (χ4n) is 3.71. The second kappa shape index (κ2) is 10.5. The van der Waals surface area contributed by atoms with E-state index in [4.69, 9.17) is 4.74 Å². The minimum Gasteiger partial charge on any atom is -0.494 e. The number of hydrogen-bond acceptors (Lipinski definition) is 5. The minimum absolute atomic E-state index is 0.195. The molecule has 0 saturated heterocycles. The normalized spacial score (nSPS) is 10.7. The number of aromatic carboxylic acids is 1. The van der Waals surface area contributed by atoms with Gasteiger partial charge in [-0.05, 0) is 56.2 Å². The zero-order chi connectivity index (χ0) is 24.9. The van der Waals surface area contributed by atoms with Crippen molar-refractivity contribution in [3.05, 3.63) is 94.0 Å². The maximum atomic E-state index is 13.0. The van der Waals surface area contributed by atoms with E-state index in [-0.39, 0.29) is 18.0 Å². The molecule has 0 saturated carbocycles. The molecule has 1 aromatic heterocycles. The molecule has 0 atom stereocenters. The molecule has 0 aliphatic heterocycles. The SMILES string of the molecule is CCOc1ccc(-c2cccc(C(=O)O)c2)cc1CNC(=O)c1sc(-c2ccc(C)cc2)nc1C. The first-order chi connectivity index (χ1) is 16.9. The van der Waals surface area contributed by atoms with Crippen LogP contribution in [0.1, 0.15) is 43.8 Å². The van der Waals surface area contributed by atoms with Crippen LogP contribution in [0.5, 0.6) is 5.75 Å². The Morgan fingerprint density at radius 3 is 2.40 bits per heavy atom. The molecule has 4 aromatic rings. The number of carbonyl (C=O) groups excluding carboxylic acids is 1. The van der Waals surface area contributed by atoms with Crippen LogP contribution in [-0.2, 0) is 6.54 Å². The number of nitrogens with one attached hydrogen (secondary N) is 1. The number of aromatic nitrogens is 1. The number of rotatable bonds is 8. The molecule has 1 amide bonds. The first kappa shape index (κ1) is 24.2. The molecule has 0 fully saturated rings. The van der Waals surface area contributed by atoms with Gasteiger partial charge in [-0.2, -0.15) is 0 Å². The lowest BCUT2D eigenvalue weighted by atomic mass is 10.0. The highest BCUT2D eigenvalue weighted by Crippen LogP contribution is 2.30. The molecule has 4 rings (SSSR count). The van der Waals surface area contributed by atoms with Gasteiger partial charge in [-0.1, -0.05) is 48.0 Å². The molecule has 178 valence electrons. The number of carboxylic acid groups (broad SMARTS) is 1. The molecule has 0 unspecified atom stereocenters. The maximum absolute atomic E-state index is 13.0. The van der Waals surface area contributed by atoms with E-state index >= 15 is 0 Å². The van der Waals surface area contributed by atoms with E-state index in [1.54, 1.807) is 18.2 Å². The summed E-state index contributed by atoms with van der Waals surface area (Å²) in [5.74, 6) is -0.499. The molecule has 6 nitrogen and oxygen atoms in total. The Morgan fingerprint density at radius 1 is 0.971 bits per heavy atom. The van der Waals surface area contributed by atoms with Gasteiger partial charge >= 0.3 is 5.97 Å². The molecule has 2 N–H and O–H groups in total. The van der Waals surface area contributed by atoms with Gasteiger partial charge in [0, 0.05) is 17.7 Å². The molecule has 0 aliphatic rings. The maximum Gasteiger partial charge on any atom is 0.335 e. The second-order valence-corrected chi connectivity index (χ2v) is 9.12. The molecular weight excluding hydrogens is 460 g/mol. The van der Waals surface area contributed by atoms with E-state index in [2.05, 4.69) is 10.3 Å². The summed E-state index contributed by atoms with van der Waals surface area (Å²) in [4.78, 5) is 29.6. The Labute approximate surface area is 208 Å². The molecule has 1 heterocycles. The van der Waals surface area contributed by atoms with Crippen molar-refractivity contribution >= 4 is 23.2 Å². The van der Waals surface area contributed by atoms with Crippen LogP contribution in [-0.4, -0.2) is 28.6 Å². The first-order valence-corrected chi connectivity index (χ1v) is 12.1. The summed E-state index contributed by atoms with van der Waals surface area (Å²) in [5.41, 5.74) is 5.49. The summed E-state index contributed by atoms with van der Waals surface area (Å²) >= 11 is 1.37. The third kappa shape index (κ3) is 5.58. The van der Waals surface area contributed by atoms with Crippen molar-refractivity contribution in [1.82, 2.24) is 10.3 Å². The van der Waals surface area contributed by atoms with Crippen molar-refractivity contribution in [3.8, 4) is 27.4 Å². The Kier molecular flexibility index (Phi) is 7.27. The number of hydrogen-bond donors (Lipinski definition) is 2. The summed E-state index contributed by atoms with van der Waals surface area (Å²) < 4.78 is 5.77. The number of thiazole rings is 1. The van der Waals surface area contributed by atoms with Crippen molar-refractivity contribution in [1.29, 1.82) is 0 Å². The van der Waals surface area contributed by atoms with Crippen LogP contribution in [0.3, 0.4) is 0 Å². The average Bonchev–Trinajstić information content (AvgIpc) is 3.25. The van der Waals surface area contributed by atoms with Gasteiger partial charge in [-0.3, -0.25) is 4.79 Å². The van der Waals surface area contributed by atoms with Crippen LogP contribution in [0.25, 0.3) is 21.7 Å². The summed E-state index contributed by atoms with van der Waals surface area (Å²) in [5, 5.41) is 13.1. The third-order valence-electron chi connectivity index (χ3n) is 5.54. The van der Waals surface area contributed by atoms with Gasteiger partial charge in [0.1, 0.15) is 15.6 Å². The van der Waals surface area contributed by atoms with Gasteiger partial charge in [0.2, 0.25) is 0 Å². The van der Waals surface area contributed by atoms with E-state index in [0.29, 0.717) is 22.9 Å². The Hall–Kier alpha value is -3.97. The highest BCUT2D eigenvalue weighted by Gasteiger charge is 2.17. The number of amides is 1. The van der Waals surface area contributed by atoms with Crippen LogP contribution in [0, 0.1) is 13.8 Å². The van der Waals surface area contributed by atoms with Crippen LogP contribution >= 0.6 is 11.3 Å². The van der Waals surface area contributed by atoms with E-state index in [1.807, 2.05) is 69.3 Å². The van der Waals surface area contributed by atoms with Gasteiger partial charge in [0.25, 0.3) is 5.91 Å². The standard InChI is InChI=1S/C28H26N2O4S/c1-4-34-24-13-12-21(20-6-5-7-22(14-20)28(32)33)15-23(24)16-29-26(31)25-18(3)30-27(35-25)19-10-8-17(2)9-11-19/h5-15H,4,16H2,1-3H3,(H,29,31)(H,32,33). The van der Waals surface area contributed by atoms with Gasteiger partial charge in [-0.25, -0.2) is 9.78 Å². The quantitative estimate of drug-likeness (QED) is 0.313. The van der Waals surface area contributed by atoms with Crippen LogP contribution < -0.4 is 10.1 Å². The molecule has 7 heteroatoms. The van der Waals surface area contributed by atoms with Crippen molar-refractivity contribution in [2.24, 2.45) is 0 Å². The lowest BCUT2D eigenvalue weighted by Crippen LogP contribution is -2.23. The predicted octanol–water partition coefficient (Wildman–Crippen LogP) is 6.12. The molecular formula is C28H26N2O4S. The lowest BCUT2D eigenvalue weighted by Gasteiger charge is -2.13. The molecule has 3 aromatic carbocycles. The smallest absolute Gasteiger partial charge is 0.335 e. The Balaban J connectivity index is 1.56. The topological polar surface area (TPSA) is 88.5 Å². The van der Waals surface area contributed by atoms with E-state index in [9.17, 15) is 14.7 Å². The summed E-state index contributed by atoms with van der Waals surface area (Å²) in [6, 6.07) is 20.5. The van der Waals surface area contributed by atoms with Gasteiger partial charge < -0.3 is 15.2 Å². The summed E-state index contributed by atoms with van der Waals surface area (Å²) in [6.07, 6.45) is 0. The largest absolute Gasteiger partial charge is 0.494 e. The monoisotopic (exact) mass is 486 g/mol. The molecule has 0 bridgehead atoms. The zero-order valence-electron chi connectivity index (χ0n) is 19.8. The number of aryl methyl sites for hydroxylation is 2. The summed E-state index contributed by atoms with van der Waals surface area (Å²) in [7, 11) is 0. The zero-order valence-corrected chi connectivity index (χ0v) is 20.6. The number of nitrogens with zero attached hydrogens (tertiary/aromatic N) is 1. The van der Waals surface area contributed by atoms with Crippen molar-refractivity contribution in [3.63, 3.8) is 0 Å². The fourth-order valence-corrected chi connectivity index (χ4v) is 4.70. The van der Waals surface area contributed by atoms with Crippen molar-refractivity contribution < 1.29 is 19.4 Å². The average molecular weight is 487 g/mol. The molecule has 0 aliphatic carbocycles. The second-order valence-electron chi connectivity index (χ2n) is 8.12. The van der Waals surface area contributed by atoms with Gasteiger partial charge in [0.05, 0.1) is 17.9 Å². The number of carbonyl (C=O) groups is 2. The van der Waals surface area contributed by atoms with Gasteiger partial charge in [-0.15, -0.1) is 11.3 Å². The van der Waals surface area contributed by atoms with Crippen molar-refractivity contribution in [2.75, 3.05) is 6.61 Å². The number of ether oxygens (including phenoxy) is 1. The highest BCUT2D eigenvalue weighted by atomic mass is 32.1. The van der Waals surface area contributed by atoms with E-state index in [1.165, 1.54) is 16.9 Å².